The Kier molecular flexibility index (Phi) is 6.69. The maximum atomic E-state index is 12.5. The second kappa shape index (κ2) is 9.02. The van der Waals surface area contributed by atoms with E-state index < -0.39 is 16.1 Å². The third-order valence-corrected chi connectivity index (χ3v) is 6.51. The van der Waals surface area contributed by atoms with Crippen LogP contribution in [0.3, 0.4) is 0 Å². The molecule has 1 atom stereocenters. The van der Waals surface area contributed by atoms with Gasteiger partial charge in [0.2, 0.25) is 10.0 Å². The van der Waals surface area contributed by atoms with Crippen LogP contribution in [0, 0.1) is 5.92 Å². The number of carbonyl (C=O) groups is 2. The zero-order valence-electron chi connectivity index (χ0n) is 16.0. The molecule has 0 radical (unpaired) electrons. The number of benzene rings is 1. The number of hydrogen-bond acceptors (Lipinski definition) is 5. The summed E-state index contributed by atoms with van der Waals surface area (Å²) in [4.78, 5) is 24.6. The summed E-state index contributed by atoms with van der Waals surface area (Å²) in [5.41, 5.74) is 1.04. The fourth-order valence-corrected chi connectivity index (χ4v) is 4.40. The Labute approximate surface area is 165 Å². The predicted molar refractivity (Wildman–Crippen MR) is 106 cm³/mol. The van der Waals surface area contributed by atoms with Crippen molar-refractivity contribution in [3.05, 3.63) is 29.8 Å². The van der Waals surface area contributed by atoms with Crippen molar-refractivity contribution in [1.82, 2.24) is 9.62 Å². The van der Waals surface area contributed by atoms with Crippen molar-refractivity contribution in [2.45, 2.75) is 31.8 Å². The summed E-state index contributed by atoms with van der Waals surface area (Å²) < 4.78 is 30.0. The minimum atomic E-state index is -3.14. The molecule has 1 unspecified atom stereocenters. The van der Waals surface area contributed by atoms with Gasteiger partial charge in [-0.15, -0.1) is 0 Å². The largest absolute Gasteiger partial charge is 0.368 e. The van der Waals surface area contributed by atoms with E-state index in [9.17, 15) is 18.0 Å². The Bertz CT molecular complexity index is 813. The molecule has 2 aliphatic rings. The van der Waals surface area contributed by atoms with Gasteiger partial charge in [0.15, 0.2) is 0 Å². The van der Waals surface area contributed by atoms with Gasteiger partial charge in [-0.2, -0.15) is 0 Å². The van der Waals surface area contributed by atoms with Crippen molar-refractivity contribution in [3.8, 4) is 0 Å². The first-order valence-electron chi connectivity index (χ1n) is 9.59. The molecule has 28 heavy (non-hydrogen) atoms. The molecule has 3 rings (SSSR count). The molecule has 0 spiro atoms. The molecule has 0 saturated carbocycles. The third kappa shape index (κ3) is 5.52. The zero-order chi connectivity index (χ0) is 20.1. The summed E-state index contributed by atoms with van der Waals surface area (Å²) in [5.74, 6) is -0.143. The zero-order valence-corrected chi connectivity index (χ0v) is 16.8. The number of sulfonamides is 1. The molecule has 2 fully saturated rings. The van der Waals surface area contributed by atoms with Crippen LogP contribution in [0.1, 0.15) is 36.0 Å². The lowest BCUT2D eigenvalue weighted by molar-refractivity contribution is -0.124. The van der Waals surface area contributed by atoms with E-state index in [-0.39, 0.29) is 17.7 Å². The van der Waals surface area contributed by atoms with Gasteiger partial charge in [0, 0.05) is 37.5 Å². The maximum Gasteiger partial charge on any atom is 0.253 e. The highest BCUT2D eigenvalue weighted by molar-refractivity contribution is 7.88. The number of carbonyl (C=O) groups excluding carboxylic acids is 2. The van der Waals surface area contributed by atoms with Crippen LogP contribution in [-0.2, 0) is 19.6 Å². The van der Waals surface area contributed by atoms with Crippen LogP contribution >= 0.6 is 0 Å². The molecule has 0 aromatic heterocycles. The second-order valence-electron chi connectivity index (χ2n) is 7.39. The first-order chi connectivity index (χ1) is 13.3. The molecule has 1 aromatic rings. The number of anilines is 1. The van der Waals surface area contributed by atoms with Crippen LogP contribution < -0.4 is 10.6 Å². The smallest absolute Gasteiger partial charge is 0.253 e. The number of nitrogens with zero attached hydrogens (tertiary/aromatic N) is 1. The van der Waals surface area contributed by atoms with Gasteiger partial charge in [0.25, 0.3) is 11.8 Å². The lowest BCUT2D eigenvalue weighted by Crippen LogP contribution is -2.41. The first-order valence-corrected chi connectivity index (χ1v) is 11.4. The normalized spacial score (nSPS) is 21.4. The highest BCUT2D eigenvalue weighted by atomic mass is 32.2. The van der Waals surface area contributed by atoms with Crippen molar-refractivity contribution < 1.29 is 22.7 Å². The van der Waals surface area contributed by atoms with Crippen LogP contribution in [0.4, 0.5) is 5.69 Å². The first kappa shape index (κ1) is 20.8. The van der Waals surface area contributed by atoms with E-state index in [1.165, 1.54) is 10.6 Å². The molecule has 2 saturated heterocycles. The number of rotatable bonds is 6. The van der Waals surface area contributed by atoms with Gasteiger partial charge in [-0.1, -0.05) is 6.07 Å². The van der Waals surface area contributed by atoms with Crippen molar-refractivity contribution in [1.29, 1.82) is 0 Å². The number of amides is 2. The summed E-state index contributed by atoms with van der Waals surface area (Å²) >= 11 is 0. The van der Waals surface area contributed by atoms with Gasteiger partial charge in [0.1, 0.15) is 6.10 Å². The van der Waals surface area contributed by atoms with Crippen LogP contribution in [0.15, 0.2) is 24.3 Å². The summed E-state index contributed by atoms with van der Waals surface area (Å²) in [7, 11) is -3.14. The molecule has 154 valence electrons. The number of hydrogen-bond donors (Lipinski definition) is 2. The fourth-order valence-electron chi connectivity index (χ4n) is 3.53. The highest BCUT2D eigenvalue weighted by Crippen LogP contribution is 2.19. The van der Waals surface area contributed by atoms with Gasteiger partial charge >= 0.3 is 0 Å². The minimum Gasteiger partial charge on any atom is -0.368 e. The third-order valence-electron chi connectivity index (χ3n) is 5.21. The lowest BCUT2D eigenvalue weighted by Gasteiger charge is -2.30. The Morgan fingerprint density at radius 1 is 1.21 bits per heavy atom. The van der Waals surface area contributed by atoms with Crippen molar-refractivity contribution in [3.63, 3.8) is 0 Å². The highest BCUT2D eigenvalue weighted by Gasteiger charge is 2.25. The van der Waals surface area contributed by atoms with Crippen LogP contribution in [0.2, 0.25) is 0 Å². The number of ether oxygens (including phenoxy) is 1. The molecule has 8 nitrogen and oxygen atoms in total. The summed E-state index contributed by atoms with van der Waals surface area (Å²) in [6, 6.07) is 6.81. The topological polar surface area (TPSA) is 105 Å². The van der Waals surface area contributed by atoms with Crippen molar-refractivity contribution in [2.75, 3.05) is 37.8 Å². The molecule has 0 bridgehead atoms. The molecule has 0 aliphatic carbocycles. The monoisotopic (exact) mass is 409 g/mol. The van der Waals surface area contributed by atoms with Crippen molar-refractivity contribution >= 4 is 27.5 Å². The average molecular weight is 410 g/mol. The van der Waals surface area contributed by atoms with E-state index in [1.54, 1.807) is 24.3 Å². The van der Waals surface area contributed by atoms with E-state index in [1.807, 2.05) is 0 Å². The van der Waals surface area contributed by atoms with Crippen LogP contribution in [-0.4, -0.2) is 63.1 Å². The number of nitrogens with one attached hydrogen (secondary N) is 2. The van der Waals surface area contributed by atoms with Gasteiger partial charge in [-0.3, -0.25) is 9.59 Å². The van der Waals surface area contributed by atoms with E-state index in [2.05, 4.69) is 10.6 Å². The molecule has 2 N–H and O–H groups in total. The SMILES string of the molecule is CS(=O)(=O)N1CCC(CNC(=O)c2cccc(NC(=O)C3CCCO3)c2)CC1. The van der Waals surface area contributed by atoms with E-state index in [0.29, 0.717) is 43.9 Å². The molecule has 9 heteroatoms. The second-order valence-corrected chi connectivity index (χ2v) is 9.37. The average Bonchev–Trinajstić information content (AvgIpc) is 3.21. The predicted octanol–water partition coefficient (Wildman–Crippen LogP) is 1.21. The summed E-state index contributed by atoms with van der Waals surface area (Å²) in [5, 5.41) is 5.71. The Morgan fingerprint density at radius 3 is 2.61 bits per heavy atom. The lowest BCUT2D eigenvalue weighted by atomic mass is 9.98. The summed E-state index contributed by atoms with van der Waals surface area (Å²) in [6.07, 6.45) is 3.85. The standard InChI is InChI=1S/C19H27N3O5S/c1-28(25,26)22-9-7-14(8-10-22)13-20-18(23)15-4-2-5-16(12-15)21-19(24)17-6-3-11-27-17/h2,4-5,12,14,17H,3,6-11,13H2,1H3,(H,20,23)(H,21,24). The van der Waals surface area contributed by atoms with E-state index in [0.717, 1.165) is 19.3 Å². The molecule has 2 heterocycles. The van der Waals surface area contributed by atoms with E-state index in [4.69, 9.17) is 4.74 Å². The van der Waals surface area contributed by atoms with Gasteiger partial charge in [-0.05, 0) is 49.8 Å². The maximum absolute atomic E-state index is 12.5. The molecule has 2 aliphatic heterocycles. The van der Waals surface area contributed by atoms with E-state index >= 15 is 0 Å². The Hall–Kier alpha value is -1.97. The Balaban J connectivity index is 1.49. The molecule has 1 aromatic carbocycles. The molecule has 2 amide bonds. The minimum absolute atomic E-state index is 0.187. The van der Waals surface area contributed by atoms with Gasteiger partial charge < -0.3 is 15.4 Å². The van der Waals surface area contributed by atoms with Crippen molar-refractivity contribution in [2.24, 2.45) is 5.92 Å². The Morgan fingerprint density at radius 2 is 1.96 bits per heavy atom. The summed E-state index contributed by atoms with van der Waals surface area (Å²) in [6.45, 7) is 2.08. The number of piperidine rings is 1. The van der Waals surface area contributed by atoms with Crippen LogP contribution in [0.5, 0.6) is 0 Å². The van der Waals surface area contributed by atoms with Gasteiger partial charge in [0.05, 0.1) is 6.26 Å². The quantitative estimate of drug-likeness (QED) is 0.735. The van der Waals surface area contributed by atoms with Crippen LogP contribution in [0.25, 0.3) is 0 Å². The molecular weight excluding hydrogens is 382 g/mol. The molecular formula is C19H27N3O5S. The fraction of sp³-hybridized carbons (Fsp3) is 0.579. The van der Waals surface area contributed by atoms with Gasteiger partial charge in [-0.25, -0.2) is 12.7 Å².